The van der Waals surface area contributed by atoms with Crippen molar-refractivity contribution in [1.29, 1.82) is 0 Å². The molecular weight excluding hydrogens is 205 g/mol. The van der Waals surface area contributed by atoms with Crippen LogP contribution in [0.4, 0.5) is 0 Å². The normalized spacial score (nSPS) is 9.88. The Morgan fingerprint density at radius 2 is 1.75 bits per heavy atom. The summed E-state index contributed by atoms with van der Waals surface area (Å²) in [5.74, 6) is 0.177. The third-order valence-electron chi connectivity index (χ3n) is 2.07. The van der Waals surface area contributed by atoms with Crippen molar-refractivity contribution in [3.05, 3.63) is 48.7 Å². The Hall–Kier alpha value is -1.85. The fraction of sp³-hybridized carbons (Fsp3) is 0. The highest BCUT2D eigenvalue weighted by molar-refractivity contribution is 6.33. The number of pyridine rings is 1. The van der Waals surface area contributed by atoms with E-state index in [0.29, 0.717) is 0 Å². The standard InChI is InChI=1S/C11H10BNO3/c14-12(15)16-11-8-10(6-7-13-11)9-4-2-1-3-5-9/h1-8,14-15H. The first-order chi connectivity index (χ1) is 7.75. The minimum absolute atomic E-state index is 0.177. The van der Waals surface area contributed by atoms with E-state index < -0.39 is 7.32 Å². The fourth-order valence-corrected chi connectivity index (χ4v) is 1.39. The topological polar surface area (TPSA) is 62.6 Å². The van der Waals surface area contributed by atoms with E-state index in [2.05, 4.69) is 9.64 Å². The molecule has 2 rings (SSSR count). The van der Waals surface area contributed by atoms with Gasteiger partial charge in [-0.1, -0.05) is 30.3 Å². The van der Waals surface area contributed by atoms with Gasteiger partial charge in [0.2, 0.25) is 0 Å². The molecule has 0 radical (unpaired) electrons. The van der Waals surface area contributed by atoms with Crippen LogP contribution in [0.5, 0.6) is 5.88 Å². The second-order valence-corrected chi connectivity index (χ2v) is 3.19. The Labute approximate surface area is 93.3 Å². The van der Waals surface area contributed by atoms with Gasteiger partial charge in [0.15, 0.2) is 5.88 Å². The molecule has 1 aromatic heterocycles. The van der Waals surface area contributed by atoms with Crippen LogP contribution in [-0.2, 0) is 0 Å². The smallest absolute Gasteiger partial charge is 0.498 e. The zero-order valence-corrected chi connectivity index (χ0v) is 8.45. The van der Waals surface area contributed by atoms with Crippen molar-refractivity contribution in [2.45, 2.75) is 0 Å². The molecule has 0 spiro atoms. The quantitative estimate of drug-likeness (QED) is 0.752. The van der Waals surface area contributed by atoms with Gasteiger partial charge in [-0.05, 0) is 17.2 Å². The lowest BCUT2D eigenvalue weighted by Gasteiger charge is -2.05. The first-order valence-corrected chi connectivity index (χ1v) is 4.80. The highest BCUT2D eigenvalue weighted by atomic mass is 16.6. The lowest BCUT2D eigenvalue weighted by molar-refractivity contribution is 0.283. The summed E-state index contributed by atoms with van der Waals surface area (Å²) < 4.78 is 4.68. The van der Waals surface area contributed by atoms with Crippen LogP contribution < -0.4 is 4.65 Å². The number of aromatic nitrogens is 1. The SMILES string of the molecule is OB(O)Oc1cc(-c2ccccc2)ccn1. The van der Waals surface area contributed by atoms with Crippen molar-refractivity contribution in [3.63, 3.8) is 0 Å². The lowest BCUT2D eigenvalue weighted by Crippen LogP contribution is -2.21. The van der Waals surface area contributed by atoms with Gasteiger partial charge in [-0.2, -0.15) is 0 Å². The van der Waals surface area contributed by atoms with E-state index in [1.807, 2.05) is 36.4 Å². The van der Waals surface area contributed by atoms with Crippen LogP contribution in [0, 0.1) is 0 Å². The molecule has 0 aliphatic heterocycles. The van der Waals surface area contributed by atoms with Gasteiger partial charge in [-0.3, -0.25) is 0 Å². The molecule has 2 aromatic rings. The Morgan fingerprint density at radius 1 is 1.00 bits per heavy atom. The van der Waals surface area contributed by atoms with Crippen LogP contribution in [0.2, 0.25) is 0 Å². The van der Waals surface area contributed by atoms with E-state index in [9.17, 15) is 0 Å². The lowest BCUT2D eigenvalue weighted by atomic mass is 10.1. The van der Waals surface area contributed by atoms with Crippen LogP contribution in [0.15, 0.2) is 48.7 Å². The first-order valence-electron chi connectivity index (χ1n) is 4.80. The average molecular weight is 215 g/mol. The summed E-state index contributed by atoms with van der Waals surface area (Å²) >= 11 is 0. The number of rotatable bonds is 3. The van der Waals surface area contributed by atoms with Crippen molar-refractivity contribution in [1.82, 2.24) is 4.98 Å². The molecule has 0 aliphatic rings. The van der Waals surface area contributed by atoms with Gasteiger partial charge < -0.3 is 14.7 Å². The molecule has 0 fully saturated rings. The predicted molar refractivity (Wildman–Crippen MR) is 60.5 cm³/mol. The zero-order chi connectivity index (χ0) is 11.4. The minimum Gasteiger partial charge on any atom is -0.498 e. The molecule has 0 saturated heterocycles. The first kappa shape index (κ1) is 10.7. The van der Waals surface area contributed by atoms with Crippen LogP contribution in [0.25, 0.3) is 11.1 Å². The van der Waals surface area contributed by atoms with Gasteiger partial charge in [-0.15, -0.1) is 0 Å². The molecule has 5 heteroatoms. The highest BCUT2D eigenvalue weighted by Crippen LogP contribution is 2.21. The van der Waals surface area contributed by atoms with Crippen molar-refractivity contribution < 1.29 is 14.7 Å². The molecule has 4 nitrogen and oxygen atoms in total. The Morgan fingerprint density at radius 3 is 2.44 bits per heavy atom. The number of nitrogens with zero attached hydrogens (tertiary/aromatic N) is 1. The van der Waals surface area contributed by atoms with E-state index >= 15 is 0 Å². The molecular formula is C11H10BNO3. The molecule has 0 saturated carbocycles. The van der Waals surface area contributed by atoms with Crippen LogP contribution in [-0.4, -0.2) is 22.4 Å². The van der Waals surface area contributed by atoms with Gasteiger partial charge in [0.25, 0.3) is 0 Å². The van der Waals surface area contributed by atoms with Crippen molar-refractivity contribution in [3.8, 4) is 17.0 Å². The van der Waals surface area contributed by atoms with Gasteiger partial charge in [0, 0.05) is 12.3 Å². The van der Waals surface area contributed by atoms with Crippen LogP contribution in [0.3, 0.4) is 0 Å². The van der Waals surface area contributed by atoms with E-state index in [4.69, 9.17) is 10.0 Å². The third kappa shape index (κ3) is 2.59. The summed E-state index contributed by atoms with van der Waals surface area (Å²) in [5, 5.41) is 17.3. The van der Waals surface area contributed by atoms with Gasteiger partial charge in [-0.25, -0.2) is 4.98 Å². The second-order valence-electron chi connectivity index (χ2n) is 3.19. The fourth-order valence-electron chi connectivity index (χ4n) is 1.39. The molecule has 1 aromatic carbocycles. The summed E-state index contributed by atoms with van der Waals surface area (Å²) in [5.41, 5.74) is 1.92. The summed E-state index contributed by atoms with van der Waals surface area (Å²) in [6.07, 6.45) is 1.56. The largest absolute Gasteiger partial charge is 0.708 e. The minimum atomic E-state index is -1.85. The third-order valence-corrected chi connectivity index (χ3v) is 2.07. The molecule has 0 amide bonds. The van der Waals surface area contributed by atoms with E-state index in [-0.39, 0.29) is 5.88 Å². The summed E-state index contributed by atoms with van der Waals surface area (Å²) in [7, 11) is -1.85. The molecule has 0 atom stereocenters. The number of hydrogen-bond donors (Lipinski definition) is 2. The summed E-state index contributed by atoms with van der Waals surface area (Å²) in [6.45, 7) is 0. The summed E-state index contributed by atoms with van der Waals surface area (Å²) in [4.78, 5) is 3.86. The van der Waals surface area contributed by atoms with Crippen molar-refractivity contribution in [2.24, 2.45) is 0 Å². The maximum absolute atomic E-state index is 8.66. The highest BCUT2D eigenvalue weighted by Gasteiger charge is 2.12. The maximum Gasteiger partial charge on any atom is 0.708 e. The molecule has 0 unspecified atom stereocenters. The van der Waals surface area contributed by atoms with E-state index in [0.717, 1.165) is 11.1 Å². The Bertz CT molecular complexity index is 462. The molecule has 1 heterocycles. The van der Waals surface area contributed by atoms with Gasteiger partial charge in [0.05, 0.1) is 0 Å². The van der Waals surface area contributed by atoms with Crippen LogP contribution in [0.1, 0.15) is 0 Å². The average Bonchev–Trinajstić information content (AvgIpc) is 2.30. The van der Waals surface area contributed by atoms with Crippen molar-refractivity contribution >= 4 is 7.32 Å². The molecule has 16 heavy (non-hydrogen) atoms. The van der Waals surface area contributed by atoms with Crippen molar-refractivity contribution in [2.75, 3.05) is 0 Å². The summed E-state index contributed by atoms with van der Waals surface area (Å²) in [6, 6.07) is 13.2. The van der Waals surface area contributed by atoms with E-state index in [1.54, 1.807) is 12.3 Å². The Balaban J connectivity index is 2.29. The second kappa shape index (κ2) is 4.78. The number of benzene rings is 1. The molecule has 0 bridgehead atoms. The monoisotopic (exact) mass is 215 g/mol. The zero-order valence-electron chi connectivity index (χ0n) is 8.45. The number of hydrogen-bond acceptors (Lipinski definition) is 4. The molecule has 0 aliphatic carbocycles. The van der Waals surface area contributed by atoms with Gasteiger partial charge >= 0.3 is 7.32 Å². The van der Waals surface area contributed by atoms with Crippen LogP contribution >= 0.6 is 0 Å². The maximum atomic E-state index is 8.66. The molecule has 2 N–H and O–H groups in total. The Kier molecular flexibility index (Phi) is 3.19. The predicted octanol–water partition coefficient (Wildman–Crippen LogP) is 1.10. The van der Waals surface area contributed by atoms with Gasteiger partial charge in [0.1, 0.15) is 0 Å². The van der Waals surface area contributed by atoms with E-state index in [1.165, 1.54) is 0 Å². The molecule has 80 valence electrons.